The van der Waals surface area contributed by atoms with Crippen LogP contribution in [0.3, 0.4) is 0 Å². The lowest BCUT2D eigenvalue weighted by molar-refractivity contribution is -0.120. The molecule has 9 nitrogen and oxygen atoms in total. The van der Waals surface area contributed by atoms with Crippen LogP contribution in [-0.2, 0) is 45.3 Å². The number of carbonyl (C=O) groups excluding carboxylic acids is 1. The lowest BCUT2D eigenvalue weighted by atomic mass is 10.0. The van der Waals surface area contributed by atoms with Crippen molar-refractivity contribution in [3.8, 4) is 0 Å². The van der Waals surface area contributed by atoms with Crippen molar-refractivity contribution in [2.24, 2.45) is 0 Å². The zero-order valence-electron chi connectivity index (χ0n) is 22.7. The summed E-state index contributed by atoms with van der Waals surface area (Å²) < 4.78 is 33.1. The summed E-state index contributed by atoms with van der Waals surface area (Å²) in [7, 11) is -3.24. The van der Waals surface area contributed by atoms with Crippen LogP contribution < -0.4 is 16.1 Å². The van der Waals surface area contributed by atoms with Gasteiger partial charge in [-0.1, -0.05) is 23.7 Å². The average molecular weight is 597 g/mol. The Morgan fingerprint density at radius 3 is 2.63 bits per heavy atom. The van der Waals surface area contributed by atoms with Crippen LogP contribution in [0.5, 0.6) is 0 Å². The number of amides is 1. The van der Waals surface area contributed by atoms with E-state index < -0.39 is 15.1 Å². The summed E-state index contributed by atoms with van der Waals surface area (Å²) in [5.74, 6) is -0.156. The number of sulfone groups is 1. The van der Waals surface area contributed by atoms with Crippen molar-refractivity contribution in [1.82, 2.24) is 19.9 Å². The second-order valence-electron chi connectivity index (χ2n) is 10.9. The highest BCUT2D eigenvalue weighted by atomic mass is 35.5. The molecule has 2 aromatic heterocycles. The summed E-state index contributed by atoms with van der Waals surface area (Å²) in [5.41, 5.74) is 3.69. The van der Waals surface area contributed by atoms with E-state index in [4.69, 9.17) is 16.3 Å². The molecule has 2 N–H and O–H groups in total. The predicted octanol–water partition coefficient (Wildman–Crippen LogP) is 2.16. The van der Waals surface area contributed by atoms with Crippen molar-refractivity contribution >= 4 is 43.6 Å². The van der Waals surface area contributed by atoms with Crippen LogP contribution in [0, 0.1) is 0 Å². The lowest BCUT2D eigenvalue weighted by Gasteiger charge is -2.26. The zero-order chi connectivity index (χ0) is 28.6. The molecule has 0 spiro atoms. The standard InChI is InChI=1S/C30H33ClN4O5S/c31-24-3-1-20(2-4-24)16-33-28(36)14-23-19-35-25(15-26-17-32-5-10-41(26,38)39)13-22-11-21(12-27(29(22)35)30(23)37)18-34-6-8-40-9-7-34/h1-4,11-13,19,26,32H,5-10,14-18H2,(H,33,36). The van der Waals surface area contributed by atoms with E-state index in [2.05, 4.69) is 21.6 Å². The van der Waals surface area contributed by atoms with E-state index in [1.807, 2.05) is 28.7 Å². The second-order valence-corrected chi connectivity index (χ2v) is 13.8. The van der Waals surface area contributed by atoms with Gasteiger partial charge in [0.2, 0.25) is 5.91 Å². The van der Waals surface area contributed by atoms with E-state index in [9.17, 15) is 18.0 Å². The van der Waals surface area contributed by atoms with Crippen LogP contribution in [0.4, 0.5) is 0 Å². The number of rotatable bonds is 8. The van der Waals surface area contributed by atoms with E-state index in [0.29, 0.717) is 61.8 Å². The Labute approximate surface area is 243 Å². The van der Waals surface area contributed by atoms with Gasteiger partial charge in [0.15, 0.2) is 15.3 Å². The van der Waals surface area contributed by atoms with Crippen molar-refractivity contribution in [3.63, 3.8) is 0 Å². The van der Waals surface area contributed by atoms with Crippen LogP contribution in [0.2, 0.25) is 5.02 Å². The number of hydrogen-bond donors (Lipinski definition) is 2. The molecule has 216 valence electrons. The minimum Gasteiger partial charge on any atom is -0.379 e. The predicted molar refractivity (Wildman–Crippen MR) is 160 cm³/mol. The number of nitrogens with one attached hydrogen (secondary N) is 2. The fourth-order valence-electron chi connectivity index (χ4n) is 5.83. The lowest BCUT2D eigenvalue weighted by Crippen LogP contribution is -2.45. The van der Waals surface area contributed by atoms with Crippen molar-refractivity contribution in [1.29, 1.82) is 0 Å². The maximum atomic E-state index is 13.8. The Balaban J connectivity index is 1.35. The Bertz CT molecular complexity index is 1730. The topological polar surface area (TPSA) is 109 Å². The highest BCUT2D eigenvalue weighted by Crippen LogP contribution is 2.28. The summed E-state index contributed by atoms with van der Waals surface area (Å²) in [6.07, 6.45) is 1.96. The normalized spacial score (nSPS) is 19.6. The van der Waals surface area contributed by atoms with Gasteiger partial charge in [-0.2, -0.15) is 0 Å². The highest BCUT2D eigenvalue weighted by Gasteiger charge is 2.30. The van der Waals surface area contributed by atoms with Gasteiger partial charge >= 0.3 is 0 Å². The molecule has 2 fully saturated rings. The smallest absolute Gasteiger partial charge is 0.224 e. The average Bonchev–Trinajstić information content (AvgIpc) is 3.29. The molecule has 11 heteroatoms. The Kier molecular flexibility index (Phi) is 8.02. The molecule has 1 amide bonds. The van der Waals surface area contributed by atoms with Crippen LogP contribution in [-0.4, -0.2) is 74.0 Å². The fourth-order valence-corrected chi connectivity index (χ4v) is 7.52. The summed E-state index contributed by atoms with van der Waals surface area (Å²) in [4.78, 5) is 29.0. The maximum absolute atomic E-state index is 13.8. The first-order valence-corrected chi connectivity index (χ1v) is 16.0. The minimum absolute atomic E-state index is 0.0814. The van der Waals surface area contributed by atoms with Crippen molar-refractivity contribution < 1.29 is 17.9 Å². The van der Waals surface area contributed by atoms with Gasteiger partial charge in [0.25, 0.3) is 0 Å². The first kappa shape index (κ1) is 28.1. The first-order valence-electron chi connectivity index (χ1n) is 13.9. The van der Waals surface area contributed by atoms with Crippen LogP contribution in [0.15, 0.2) is 53.5 Å². The van der Waals surface area contributed by atoms with E-state index >= 15 is 0 Å². The summed E-state index contributed by atoms with van der Waals surface area (Å²) >= 11 is 5.96. The maximum Gasteiger partial charge on any atom is 0.224 e. The Morgan fingerprint density at radius 1 is 1.10 bits per heavy atom. The summed E-state index contributed by atoms with van der Waals surface area (Å²) in [6, 6.07) is 13.2. The molecule has 4 heterocycles. The zero-order valence-corrected chi connectivity index (χ0v) is 24.3. The third-order valence-electron chi connectivity index (χ3n) is 8.04. The Morgan fingerprint density at radius 2 is 1.88 bits per heavy atom. The number of benzene rings is 2. The third-order valence-corrected chi connectivity index (χ3v) is 10.4. The third kappa shape index (κ3) is 6.12. The molecule has 0 saturated carbocycles. The fraction of sp³-hybridized carbons (Fsp3) is 0.400. The Hall–Kier alpha value is -3.02. The molecule has 0 bridgehead atoms. The summed E-state index contributed by atoms with van der Waals surface area (Å²) in [6.45, 7) is 4.85. The molecule has 0 radical (unpaired) electrons. The SMILES string of the molecule is O=C(Cc1cn2c(CC3CNCCS3(=O)=O)cc3cc(CN4CCOCC4)cc(c1=O)c32)NCc1ccc(Cl)cc1. The largest absolute Gasteiger partial charge is 0.379 e. The molecule has 41 heavy (non-hydrogen) atoms. The molecule has 4 aromatic rings. The number of halogens is 1. The number of carbonyl (C=O) groups is 1. The van der Waals surface area contributed by atoms with Crippen LogP contribution in [0.25, 0.3) is 16.3 Å². The van der Waals surface area contributed by atoms with Gasteiger partial charge in [0, 0.05) is 78.9 Å². The summed E-state index contributed by atoms with van der Waals surface area (Å²) in [5, 5.41) is 7.61. The molecule has 2 aliphatic heterocycles. The molecular weight excluding hydrogens is 564 g/mol. The second kappa shape index (κ2) is 11.7. The van der Waals surface area contributed by atoms with Gasteiger partial charge in [-0.05, 0) is 41.5 Å². The molecule has 1 atom stereocenters. The van der Waals surface area contributed by atoms with Gasteiger partial charge < -0.3 is 19.8 Å². The number of nitrogens with zero attached hydrogens (tertiary/aromatic N) is 2. The van der Waals surface area contributed by atoms with E-state index in [1.54, 1.807) is 18.3 Å². The van der Waals surface area contributed by atoms with E-state index in [0.717, 1.165) is 40.8 Å². The van der Waals surface area contributed by atoms with E-state index in [-0.39, 0.29) is 23.5 Å². The molecular formula is C30H33ClN4O5S. The van der Waals surface area contributed by atoms with Gasteiger partial charge in [0.05, 0.1) is 36.2 Å². The van der Waals surface area contributed by atoms with Crippen molar-refractivity contribution in [3.05, 3.63) is 86.3 Å². The van der Waals surface area contributed by atoms with Gasteiger partial charge in [0.1, 0.15) is 0 Å². The first-order chi connectivity index (χ1) is 19.8. The van der Waals surface area contributed by atoms with Gasteiger partial charge in [-0.25, -0.2) is 8.42 Å². The van der Waals surface area contributed by atoms with Crippen molar-refractivity contribution in [2.45, 2.75) is 31.2 Å². The molecule has 2 saturated heterocycles. The van der Waals surface area contributed by atoms with Crippen LogP contribution in [0.1, 0.15) is 22.4 Å². The van der Waals surface area contributed by atoms with Gasteiger partial charge in [-0.15, -0.1) is 0 Å². The number of ether oxygens (including phenoxy) is 1. The number of hydrogen-bond acceptors (Lipinski definition) is 7. The number of aromatic nitrogens is 1. The van der Waals surface area contributed by atoms with Gasteiger partial charge in [-0.3, -0.25) is 14.5 Å². The highest BCUT2D eigenvalue weighted by molar-refractivity contribution is 7.92. The molecule has 1 unspecified atom stereocenters. The monoisotopic (exact) mass is 596 g/mol. The minimum atomic E-state index is -3.24. The molecule has 2 aromatic carbocycles. The molecule has 0 aliphatic carbocycles. The van der Waals surface area contributed by atoms with Crippen molar-refractivity contribution in [2.75, 3.05) is 45.1 Å². The van der Waals surface area contributed by atoms with E-state index in [1.165, 1.54) is 0 Å². The molecule has 6 rings (SSSR count). The molecule has 2 aliphatic rings. The number of pyridine rings is 1. The number of morpholine rings is 1. The van der Waals surface area contributed by atoms with Crippen LogP contribution >= 0.6 is 11.6 Å². The quantitative estimate of drug-likeness (QED) is 0.321.